The molecule has 0 saturated heterocycles. The Morgan fingerprint density at radius 1 is 1.54 bits per heavy atom. The molecule has 3 nitrogen and oxygen atoms in total. The Labute approximate surface area is 76.7 Å². The van der Waals surface area contributed by atoms with Crippen LogP contribution in [0.1, 0.15) is 30.2 Å². The van der Waals surface area contributed by atoms with E-state index in [2.05, 4.69) is 0 Å². The molecule has 0 aliphatic rings. The molecule has 0 atom stereocenters. The molecule has 1 aromatic rings. The molecule has 1 N–H and O–H groups in total. The Hall–Kier alpha value is -1.51. The highest BCUT2D eigenvalue weighted by molar-refractivity contribution is 5.84. The van der Waals surface area contributed by atoms with E-state index < -0.39 is 5.97 Å². The van der Waals surface area contributed by atoms with E-state index in [-0.39, 0.29) is 5.76 Å². The third-order valence-electron chi connectivity index (χ3n) is 1.48. The lowest BCUT2D eigenvalue weighted by atomic mass is 10.2. The molecule has 0 fully saturated rings. The molecule has 1 aromatic heterocycles. The number of carboxylic acid groups (broad SMARTS) is 1. The number of hydrogen-bond acceptors (Lipinski definition) is 2. The van der Waals surface area contributed by atoms with Crippen molar-refractivity contribution in [1.82, 2.24) is 0 Å². The maximum Gasteiger partial charge on any atom is 0.371 e. The van der Waals surface area contributed by atoms with Gasteiger partial charge in [0.1, 0.15) is 5.76 Å². The monoisotopic (exact) mass is 180 g/mol. The van der Waals surface area contributed by atoms with Crippen LogP contribution in [-0.4, -0.2) is 11.1 Å². The Kier molecular flexibility index (Phi) is 2.90. The fourth-order valence-corrected chi connectivity index (χ4v) is 0.845. The SMILES string of the molecule is CC(C)/C=C/c1ccc(C(=O)O)o1. The van der Waals surface area contributed by atoms with Crippen LogP contribution in [0.25, 0.3) is 6.08 Å². The van der Waals surface area contributed by atoms with Gasteiger partial charge in [-0.1, -0.05) is 19.9 Å². The molecule has 0 aliphatic carbocycles. The minimum atomic E-state index is -1.04. The van der Waals surface area contributed by atoms with Gasteiger partial charge in [0.2, 0.25) is 5.76 Å². The third-order valence-corrected chi connectivity index (χ3v) is 1.48. The predicted octanol–water partition coefficient (Wildman–Crippen LogP) is 2.65. The summed E-state index contributed by atoms with van der Waals surface area (Å²) in [6, 6.07) is 3.09. The van der Waals surface area contributed by atoms with Gasteiger partial charge in [-0.2, -0.15) is 0 Å². The fraction of sp³-hybridized carbons (Fsp3) is 0.300. The summed E-state index contributed by atoms with van der Waals surface area (Å²) in [6.07, 6.45) is 3.72. The summed E-state index contributed by atoms with van der Waals surface area (Å²) in [5.74, 6) is -0.0583. The first-order valence-electron chi connectivity index (χ1n) is 4.11. The first-order chi connectivity index (χ1) is 6.09. The van der Waals surface area contributed by atoms with Gasteiger partial charge >= 0.3 is 5.97 Å². The van der Waals surface area contributed by atoms with Crippen molar-refractivity contribution in [1.29, 1.82) is 0 Å². The molecule has 0 aliphatic heterocycles. The lowest BCUT2D eigenvalue weighted by molar-refractivity contribution is 0.0662. The Balaban J connectivity index is 2.75. The standard InChI is InChI=1S/C10H12O3/c1-7(2)3-4-8-5-6-9(13-8)10(11)12/h3-7H,1-2H3,(H,11,12)/b4-3+. The molecule has 70 valence electrons. The van der Waals surface area contributed by atoms with Gasteiger partial charge in [-0.25, -0.2) is 4.79 Å². The van der Waals surface area contributed by atoms with Gasteiger partial charge in [0, 0.05) is 0 Å². The largest absolute Gasteiger partial charge is 0.475 e. The van der Waals surface area contributed by atoms with Crippen molar-refractivity contribution in [2.75, 3.05) is 0 Å². The van der Waals surface area contributed by atoms with E-state index in [1.807, 2.05) is 19.9 Å². The molecular formula is C10H12O3. The van der Waals surface area contributed by atoms with E-state index >= 15 is 0 Å². The number of rotatable bonds is 3. The summed E-state index contributed by atoms with van der Waals surface area (Å²) in [5, 5.41) is 8.56. The third kappa shape index (κ3) is 2.78. The van der Waals surface area contributed by atoms with Crippen molar-refractivity contribution in [3.63, 3.8) is 0 Å². The van der Waals surface area contributed by atoms with Crippen molar-refractivity contribution in [3.8, 4) is 0 Å². The van der Waals surface area contributed by atoms with Gasteiger partial charge < -0.3 is 9.52 Å². The Bertz CT molecular complexity index is 321. The fourth-order valence-electron chi connectivity index (χ4n) is 0.845. The average Bonchev–Trinajstić information content (AvgIpc) is 2.48. The maximum atomic E-state index is 10.4. The van der Waals surface area contributed by atoms with Crippen LogP contribution in [0.15, 0.2) is 22.6 Å². The first-order valence-corrected chi connectivity index (χ1v) is 4.11. The van der Waals surface area contributed by atoms with E-state index in [1.54, 1.807) is 12.1 Å². The van der Waals surface area contributed by atoms with Crippen LogP contribution >= 0.6 is 0 Å². The lowest BCUT2D eigenvalue weighted by Crippen LogP contribution is -1.91. The van der Waals surface area contributed by atoms with E-state index in [9.17, 15) is 4.79 Å². The summed E-state index contributed by atoms with van der Waals surface area (Å²) < 4.78 is 5.01. The molecule has 13 heavy (non-hydrogen) atoms. The van der Waals surface area contributed by atoms with Crippen molar-refractivity contribution >= 4 is 12.0 Å². The zero-order valence-corrected chi connectivity index (χ0v) is 7.65. The van der Waals surface area contributed by atoms with E-state index in [0.717, 1.165) is 0 Å². The maximum absolute atomic E-state index is 10.4. The van der Waals surface area contributed by atoms with Crippen molar-refractivity contribution in [2.24, 2.45) is 5.92 Å². The number of carboxylic acids is 1. The normalized spacial score (nSPS) is 11.3. The predicted molar refractivity (Wildman–Crippen MR) is 49.5 cm³/mol. The van der Waals surface area contributed by atoms with Crippen LogP contribution in [0, 0.1) is 5.92 Å². The smallest absolute Gasteiger partial charge is 0.371 e. The summed E-state index contributed by atoms with van der Waals surface area (Å²) in [6.45, 7) is 4.08. The number of carbonyl (C=O) groups is 1. The topological polar surface area (TPSA) is 50.4 Å². The van der Waals surface area contributed by atoms with Gasteiger partial charge in [0.05, 0.1) is 0 Å². The number of hydrogen-bond donors (Lipinski definition) is 1. The molecule has 0 aromatic carbocycles. The zero-order valence-electron chi connectivity index (χ0n) is 7.65. The molecule has 0 bridgehead atoms. The van der Waals surface area contributed by atoms with Crippen LogP contribution in [0.5, 0.6) is 0 Å². The lowest BCUT2D eigenvalue weighted by Gasteiger charge is -1.91. The molecule has 1 rings (SSSR count). The Morgan fingerprint density at radius 3 is 2.69 bits per heavy atom. The van der Waals surface area contributed by atoms with Gasteiger partial charge in [-0.15, -0.1) is 0 Å². The van der Waals surface area contributed by atoms with E-state index in [4.69, 9.17) is 9.52 Å². The number of furan rings is 1. The second-order valence-electron chi connectivity index (χ2n) is 3.11. The highest BCUT2D eigenvalue weighted by Crippen LogP contribution is 2.10. The molecule has 0 radical (unpaired) electrons. The average molecular weight is 180 g/mol. The summed E-state index contributed by atoms with van der Waals surface area (Å²) in [4.78, 5) is 10.4. The zero-order chi connectivity index (χ0) is 9.84. The summed E-state index contributed by atoms with van der Waals surface area (Å²) in [5.41, 5.74) is 0. The second-order valence-corrected chi connectivity index (χ2v) is 3.11. The van der Waals surface area contributed by atoms with E-state index in [1.165, 1.54) is 6.07 Å². The highest BCUT2D eigenvalue weighted by atomic mass is 16.4. The molecule has 0 amide bonds. The molecular weight excluding hydrogens is 168 g/mol. The highest BCUT2D eigenvalue weighted by Gasteiger charge is 2.06. The van der Waals surface area contributed by atoms with Crippen molar-refractivity contribution in [2.45, 2.75) is 13.8 Å². The van der Waals surface area contributed by atoms with Gasteiger partial charge in [-0.05, 0) is 24.1 Å². The van der Waals surface area contributed by atoms with Crippen LogP contribution in [0.3, 0.4) is 0 Å². The van der Waals surface area contributed by atoms with Gasteiger partial charge in [0.25, 0.3) is 0 Å². The molecule has 1 heterocycles. The summed E-state index contributed by atoms with van der Waals surface area (Å²) in [7, 11) is 0. The van der Waals surface area contributed by atoms with Crippen LogP contribution in [0.2, 0.25) is 0 Å². The first kappa shape index (κ1) is 9.58. The van der Waals surface area contributed by atoms with Crippen LogP contribution in [-0.2, 0) is 0 Å². The molecule has 3 heteroatoms. The van der Waals surface area contributed by atoms with E-state index in [0.29, 0.717) is 11.7 Å². The Morgan fingerprint density at radius 2 is 2.23 bits per heavy atom. The van der Waals surface area contributed by atoms with Crippen LogP contribution < -0.4 is 0 Å². The summed E-state index contributed by atoms with van der Waals surface area (Å²) >= 11 is 0. The number of allylic oxidation sites excluding steroid dienone is 1. The second kappa shape index (κ2) is 3.94. The van der Waals surface area contributed by atoms with Gasteiger partial charge in [-0.3, -0.25) is 0 Å². The van der Waals surface area contributed by atoms with Crippen LogP contribution in [0.4, 0.5) is 0 Å². The molecule has 0 unspecified atom stereocenters. The van der Waals surface area contributed by atoms with Crippen molar-refractivity contribution in [3.05, 3.63) is 29.7 Å². The van der Waals surface area contributed by atoms with Crippen molar-refractivity contribution < 1.29 is 14.3 Å². The molecule has 0 spiro atoms. The number of aromatic carboxylic acids is 1. The minimum absolute atomic E-state index is 0.0246. The minimum Gasteiger partial charge on any atom is -0.475 e. The molecule has 0 saturated carbocycles. The van der Waals surface area contributed by atoms with Gasteiger partial charge in [0.15, 0.2) is 0 Å². The quantitative estimate of drug-likeness (QED) is 0.777.